The van der Waals surface area contributed by atoms with Gasteiger partial charge in [0.1, 0.15) is 0 Å². The lowest BCUT2D eigenvalue weighted by atomic mass is 10.0. The molecule has 2 aliphatic rings. The van der Waals surface area contributed by atoms with E-state index in [1.165, 1.54) is 31.4 Å². The molecule has 0 amide bonds. The molecule has 2 N–H and O–H groups in total. The summed E-state index contributed by atoms with van der Waals surface area (Å²) in [6.45, 7) is 10.3. The van der Waals surface area contributed by atoms with Gasteiger partial charge < -0.3 is 25.0 Å². The van der Waals surface area contributed by atoms with Gasteiger partial charge in [-0.25, -0.2) is 0 Å². The fourth-order valence-electron chi connectivity index (χ4n) is 3.85. The lowest BCUT2D eigenvalue weighted by Gasteiger charge is -2.34. The molecule has 2 heterocycles. The molecule has 28 heavy (non-hydrogen) atoms. The monoisotopic (exact) mass is 388 g/mol. The van der Waals surface area contributed by atoms with Gasteiger partial charge in [-0.2, -0.15) is 0 Å². The number of ether oxygens (including phenoxy) is 2. The number of nitrogens with one attached hydrogen (secondary N) is 2. The van der Waals surface area contributed by atoms with Crippen molar-refractivity contribution in [3.8, 4) is 0 Å². The number of aliphatic imine (C=N–C) groups is 1. The molecule has 3 rings (SSSR count). The normalized spacial score (nSPS) is 21.8. The van der Waals surface area contributed by atoms with Gasteiger partial charge in [0.2, 0.25) is 0 Å². The van der Waals surface area contributed by atoms with Crippen LogP contribution in [0.5, 0.6) is 0 Å². The van der Waals surface area contributed by atoms with Gasteiger partial charge in [0.15, 0.2) is 5.96 Å². The first kappa shape index (κ1) is 21.1. The molecule has 2 saturated heterocycles. The maximum absolute atomic E-state index is 5.74. The molecular formula is C22H36N4O2. The third-order valence-electron chi connectivity index (χ3n) is 5.43. The molecule has 1 unspecified atom stereocenters. The summed E-state index contributed by atoms with van der Waals surface area (Å²) in [6, 6.07) is 10.8. The Kier molecular flexibility index (Phi) is 9.07. The Morgan fingerprint density at radius 1 is 1.21 bits per heavy atom. The van der Waals surface area contributed by atoms with Crippen molar-refractivity contribution in [3.63, 3.8) is 0 Å². The number of rotatable bonds is 9. The first-order valence-corrected chi connectivity index (χ1v) is 10.8. The van der Waals surface area contributed by atoms with Crippen molar-refractivity contribution < 1.29 is 9.47 Å². The van der Waals surface area contributed by atoms with E-state index in [-0.39, 0.29) is 0 Å². The first-order chi connectivity index (χ1) is 13.8. The quantitative estimate of drug-likeness (QED) is 0.386. The summed E-state index contributed by atoms with van der Waals surface area (Å²) in [5.41, 5.74) is 1.20. The summed E-state index contributed by atoms with van der Waals surface area (Å²) in [5.74, 6) is 1.65. The Hall–Kier alpha value is -1.63. The van der Waals surface area contributed by atoms with E-state index in [0.717, 1.165) is 44.7 Å². The molecule has 0 aromatic heterocycles. The van der Waals surface area contributed by atoms with Crippen LogP contribution in [0.3, 0.4) is 0 Å². The van der Waals surface area contributed by atoms with Gasteiger partial charge in [0.05, 0.1) is 26.4 Å². The summed E-state index contributed by atoms with van der Waals surface area (Å²) in [5, 5.41) is 6.97. The van der Waals surface area contributed by atoms with E-state index in [0.29, 0.717) is 25.8 Å². The zero-order valence-electron chi connectivity index (χ0n) is 17.2. The topological polar surface area (TPSA) is 58.1 Å². The molecular weight excluding hydrogens is 352 g/mol. The number of piperidine rings is 1. The predicted molar refractivity (Wildman–Crippen MR) is 114 cm³/mol. The zero-order valence-corrected chi connectivity index (χ0v) is 17.2. The van der Waals surface area contributed by atoms with Gasteiger partial charge in [-0.05, 0) is 37.7 Å². The van der Waals surface area contributed by atoms with Crippen LogP contribution in [-0.4, -0.2) is 69.4 Å². The second-order valence-corrected chi connectivity index (χ2v) is 7.75. The Morgan fingerprint density at radius 3 is 2.75 bits per heavy atom. The largest absolute Gasteiger partial charge is 0.381 e. The zero-order chi connectivity index (χ0) is 19.4. The molecule has 6 nitrogen and oxygen atoms in total. The summed E-state index contributed by atoms with van der Waals surface area (Å²) < 4.78 is 11.2. The Bertz CT molecular complexity index is 567. The van der Waals surface area contributed by atoms with Crippen molar-refractivity contribution in [1.29, 1.82) is 0 Å². The summed E-state index contributed by atoms with van der Waals surface area (Å²) in [7, 11) is 0. The Morgan fingerprint density at radius 2 is 2.04 bits per heavy atom. The molecule has 2 aliphatic heterocycles. The van der Waals surface area contributed by atoms with Crippen LogP contribution in [0.25, 0.3) is 0 Å². The van der Waals surface area contributed by atoms with Crippen LogP contribution in [0.2, 0.25) is 0 Å². The minimum absolute atomic E-state index is 0.499. The first-order valence-electron chi connectivity index (χ1n) is 10.8. The maximum Gasteiger partial charge on any atom is 0.191 e. The second-order valence-electron chi connectivity index (χ2n) is 7.75. The summed E-state index contributed by atoms with van der Waals surface area (Å²) in [4.78, 5) is 7.28. The van der Waals surface area contributed by atoms with E-state index in [9.17, 15) is 0 Å². The van der Waals surface area contributed by atoms with E-state index >= 15 is 0 Å². The van der Waals surface area contributed by atoms with Crippen LogP contribution >= 0.6 is 0 Å². The smallest absolute Gasteiger partial charge is 0.191 e. The van der Waals surface area contributed by atoms with Crippen LogP contribution in [-0.2, 0) is 16.1 Å². The standard InChI is InChI=1S/C22H36N4O2/c1-2-23-22(24-11-15-28-17-19-6-4-3-5-7-19)25-21-8-12-26(13-9-21)16-20-10-14-27-18-20/h3-7,20-21H,2,8-18H2,1H3,(H2,23,24,25). The van der Waals surface area contributed by atoms with Crippen molar-refractivity contribution in [2.24, 2.45) is 10.9 Å². The third kappa shape index (κ3) is 7.41. The van der Waals surface area contributed by atoms with Crippen LogP contribution in [0.4, 0.5) is 0 Å². The Labute approximate surface area is 169 Å². The van der Waals surface area contributed by atoms with E-state index in [1.807, 2.05) is 18.2 Å². The van der Waals surface area contributed by atoms with Crippen LogP contribution in [0.1, 0.15) is 31.7 Å². The highest BCUT2D eigenvalue weighted by molar-refractivity contribution is 5.80. The predicted octanol–water partition coefficient (Wildman–Crippen LogP) is 2.26. The molecule has 0 bridgehead atoms. The minimum atomic E-state index is 0.499. The second kappa shape index (κ2) is 12.0. The number of nitrogens with zero attached hydrogens (tertiary/aromatic N) is 2. The average Bonchev–Trinajstić information content (AvgIpc) is 3.23. The number of guanidine groups is 1. The number of benzene rings is 1. The molecule has 0 aliphatic carbocycles. The molecule has 1 aromatic carbocycles. The van der Waals surface area contributed by atoms with Gasteiger partial charge in [0, 0.05) is 38.8 Å². The minimum Gasteiger partial charge on any atom is -0.381 e. The van der Waals surface area contributed by atoms with E-state index in [2.05, 4.69) is 39.6 Å². The van der Waals surface area contributed by atoms with Gasteiger partial charge in [-0.1, -0.05) is 30.3 Å². The highest BCUT2D eigenvalue weighted by atomic mass is 16.5. The number of hydrogen-bond acceptors (Lipinski definition) is 4. The molecule has 0 spiro atoms. The highest BCUT2D eigenvalue weighted by Gasteiger charge is 2.24. The fraction of sp³-hybridized carbons (Fsp3) is 0.682. The lowest BCUT2D eigenvalue weighted by molar-refractivity contribution is 0.128. The van der Waals surface area contributed by atoms with Crippen molar-refractivity contribution in [1.82, 2.24) is 15.5 Å². The van der Waals surface area contributed by atoms with Gasteiger partial charge in [-0.15, -0.1) is 0 Å². The molecule has 0 radical (unpaired) electrons. The van der Waals surface area contributed by atoms with Crippen LogP contribution < -0.4 is 10.6 Å². The summed E-state index contributed by atoms with van der Waals surface area (Å²) in [6.07, 6.45) is 3.56. The van der Waals surface area contributed by atoms with E-state index in [1.54, 1.807) is 0 Å². The third-order valence-corrected chi connectivity index (χ3v) is 5.43. The molecule has 1 atom stereocenters. The Balaban J connectivity index is 1.33. The highest BCUT2D eigenvalue weighted by Crippen LogP contribution is 2.17. The fourth-order valence-corrected chi connectivity index (χ4v) is 3.85. The number of hydrogen-bond donors (Lipinski definition) is 2. The summed E-state index contributed by atoms with van der Waals surface area (Å²) >= 11 is 0. The molecule has 156 valence electrons. The lowest BCUT2D eigenvalue weighted by Crippen LogP contribution is -2.49. The molecule has 0 saturated carbocycles. The molecule has 2 fully saturated rings. The molecule has 1 aromatic rings. The SMILES string of the molecule is CCNC(=NCCOCc1ccccc1)NC1CCN(CC2CCOC2)CC1. The molecule has 6 heteroatoms. The van der Waals surface area contributed by atoms with Crippen molar-refractivity contribution in [2.75, 3.05) is 52.5 Å². The van der Waals surface area contributed by atoms with Gasteiger partial charge in [-0.3, -0.25) is 4.99 Å². The van der Waals surface area contributed by atoms with Gasteiger partial charge in [0.25, 0.3) is 0 Å². The van der Waals surface area contributed by atoms with Crippen LogP contribution in [0.15, 0.2) is 35.3 Å². The number of likely N-dealkylation sites (tertiary alicyclic amines) is 1. The average molecular weight is 389 g/mol. The van der Waals surface area contributed by atoms with Crippen molar-refractivity contribution in [2.45, 2.75) is 38.8 Å². The van der Waals surface area contributed by atoms with Crippen LogP contribution in [0, 0.1) is 5.92 Å². The van der Waals surface area contributed by atoms with E-state index < -0.39 is 0 Å². The van der Waals surface area contributed by atoms with E-state index in [4.69, 9.17) is 9.47 Å². The van der Waals surface area contributed by atoms with Gasteiger partial charge >= 0.3 is 0 Å². The van der Waals surface area contributed by atoms with Crippen molar-refractivity contribution >= 4 is 5.96 Å². The van der Waals surface area contributed by atoms with Crippen molar-refractivity contribution in [3.05, 3.63) is 35.9 Å². The maximum atomic E-state index is 5.74.